The molecule has 2 atom stereocenters. The lowest BCUT2D eigenvalue weighted by Gasteiger charge is -2.49. The monoisotopic (exact) mass is 556 g/mol. The van der Waals surface area contributed by atoms with Gasteiger partial charge >= 0.3 is 5.97 Å². The molecular formula is C30H42N3O5S+. The number of aliphatic hydroxyl groups excluding tert-OH is 1. The average Bonchev–Trinajstić information content (AvgIpc) is 2.92. The van der Waals surface area contributed by atoms with Crippen LogP contribution in [0.25, 0.3) is 4.91 Å². The van der Waals surface area contributed by atoms with Gasteiger partial charge in [0.05, 0.1) is 11.5 Å². The lowest BCUT2D eigenvalue weighted by molar-refractivity contribution is -1.10. The molecule has 4 aliphatic rings. The standard InChI is InChI=1S/C30H41N3O5S/c1-5-7-22-8-9-24(18-21(22)3)28-29(31-14-17-39-28)32-30(4,36)37-20-25-19-33(15-12-23(25)13-16-33)38-27(35)11-10-26(34)6-2/h6,8-11,14,18,23,25,32,36H,5,7,12-13,15-17,19-20H2,1-4H3/p+1/b11-10+,26-6-. The number of nitrogens with one attached hydrogen (secondary N) is 1. The Labute approximate surface area is 236 Å². The van der Waals surface area contributed by atoms with Gasteiger partial charge in [0.15, 0.2) is 0 Å². The number of fused-ring (bicyclic) bond motifs is 3. The number of nitrogens with zero attached hydrogens (tertiary/aromatic N) is 2. The number of piperidine rings is 3. The number of aliphatic hydroxyl groups is 2. The van der Waals surface area contributed by atoms with Crippen LogP contribution < -0.4 is 5.32 Å². The molecule has 0 aliphatic carbocycles. The summed E-state index contributed by atoms with van der Waals surface area (Å²) in [5, 5.41) is 23.9. The van der Waals surface area contributed by atoms with Crippen molar-refractivity contribution in [3.63, 3.8) is 0 Å². The highest BCUT2D eigenvalue weighted by molar-refractivity contribution is 8.08. The van der Waals surface area contributed by atoms with Crippen molar-refractivity contribution >= 4 is 28.9 Å². The highest BCUT2D eigenvalue weighted by Gasteiger charge is 2.49. The van der Waals surface area contributed by atoms with Gasteiger partial charge in [0.2, 0.25) is 5.91 Å². The van der Waals surface area contributed by atoms with Crippen LogP contribution in [0.4, 0.5) is 0 Å². The molecule has 9 heteroatoms. The van der Waals surface area contributed by atoms with Crippen molar-refractivity contribution in [2.24, 2.45) is 16.8 Å². The first-order valence-corrected chi connectivity index (χ1v) is 14.9. The number of ether oxygens (including phenoxy) is 1. The second-order valence-corrected chi connectivity index (χ2v) is 11.9. The number of quaternary nitrogens is 1. The molecule has 4 heterocycles. The third-order valence-corrected chi connectivity index (χ3v) is 8.84. The number of hydroxylamine groups is 3. The minimum atomic E-state index is -1.62. The highest BCUT2D eigenvalue weighted by atomic mass is 32.2. The van der Waals surface area contributed by atoms with Crippen molar-refractivity contribution in [1.82, 2.24) is 5.32 Å². The topological polar surface area (TPSA) is 100 Å². The van der Waals surface area contributed by atoms with Gasteiger partial charge in [-0.3, -0.25) is 4.84 Å². The molecule has 0 saturated carbocycles. The minimum absolute atomic E-state index is 0.0212. The second-order valence-electron chi connectivity index (χ2n) is 10.9. The summed E-state index contributed by atoms with van der Waals surface area (Å²) in [6.45, 7) is 10.1. The highest BCUT2D eigenvalue weighted by Crippen LogP contribution is 2.39. The number of thioether (sulfide) groups is 1. The predicted octanol–water partition coefficient (Wildman–Crippen LogP) is 5.00. The predicted molar refractivity (Wildman–Crippen MR) is 155 cm³/mol. The van der Waals surface area contributed by atoms with Crippen molar-refractivity contribution in [3.05, 3.63) is 64.7 Å². The quantitative estimate of drug-likeness (QED) is 0.116. The zero-order valence-corrected chi connectivity index (χ0v) is 24.3. The van der Waals surface area contributed by atoms with Crippen LogP contribution in [-0.2, 0) is 20.8 Å². The number of allylic oxidation sites excluding steroid dienone is 2. The number of benzene rings is 1. The number of aliphatic imine (C=N–C) groups is 1. The summed E-state index contributed by atoms with van der Waals surface area (Å²) in [6, 6.07) is 6.51. The first-order valence-electron chi connectivity index (χ1n) is 13.9. The Bertz CT molecular complexity index is 1170. The third-order valence-electron chi connectivity index (χ3n) is 7.81. The molecule has 212 valence electrons. The van der Waals surface area contributed by atoms with Gasteiger partial charge in [-0.05, 0) is 55.0 Å². The summed E-state index contributed by atoms with van der Waals surface area (Å²) in [7, 11) is 0. The number of hydrogen-bond donors (Lipinski definition) is 3. The lowest BCUT2D eigenvalue weighted by Crippen LogP contribution is -2.63. The molecule has 1 aromatic rings. The molecule has 0 radical (unpaired) electrons. The van der Waals surface area contributed by atoms with E-state index >= 15 is 0 Å². The van der Waals surface area contributed by atoms with E-state index in [0.29, 0.717) is 24.9 Å². The van der Waals surface area contributed by atoms with E-state index in [1.807, 2.05) is 6.21 Å². The molecular weight excluding hydrogens is 514 g/mol. The van der Waals surface area contributed by atoms with E-state index in [0.717, 1.165) is 55.0 Å². The van der Waals surface area contributed by atoms with Crippen LogP contribution in [0.3, 0.4) is 0 Å². The van der Waals surface area contributed by atoms with E-state index in [9.17, 15) is 15.0 Å². The Kier molecular flexibility index (Phi) is 9.59. The summed E-state index contributed by atoms with van der Waals surface area (Å²) in [5.74, 6) is -0.0901. The average molecular weight is 557 g/mol. The first kappa shape index (κ1) is 29.4. The van der Waals surface area contributed by atoms with Crippen molar-refractivity contribution in [2.75, 3.05) is 32.0 Å². The van der Waals surface area contributed by atoms with E-state index in [-0.39, 0.29) is 16.3 Å². The van der Waals surface area contributed by atoms with Crippen molar-refractivity contribution in [1.29, 1.82) is 0 Å². The van der Waals surface area contributed by atoms with Crippen LogP contribution >= 0.6 is 11.8 Å². The summed E-state index contributed by atoms with van der Waals surface area (Å²) >= 11 is 1.69. The molecule has 3 saturated heterocycles. The molecule has 3 N–H and O–H groups in total. The smallest absolute Gasteiger partial charge is 0.390 e. The Morgan fingerprint density at radius 2 is 2.08 bits per heavy atom. The summed E-state index contributed by atoms with van der Waals surface area (Å²) < 4.78 is 6.30. The molecule has 2 bridgehead atoms. The van der Waals surface area contributed by atoms with Crippen molar-refractivity contribution < 1.29 is 29.2 Å². The van der Waals surface area contributed by atoms with Gasteiger partial charge < -0.3 is 20.3 Å². The maximum Gasteiger partial charge on any atom is 0.390 e. The van der Waals surface area contributed by atoms with Crippen LogP contribution in [0.1, 0.15) is 56.7 Å². The number of hydrogen-bond acceptors (Lipinski definition) is 8. The Balaban J connectivity index is 1.40. The van der Waals surface area contributed by atoms with Gasteiger partial charge in [-0.25, -0.2) is 9.79 Å². The molecule has 4 aliphatic heterocycles. The lowest BCUT2D eigenvalue weighted by atomic mass is 9.79. The summed E-state index contributed by atoms with van der Waals surface area (Å²) in [6.07, 6.45) is 9.99. The SMILES string of the molecule is C/C=C(O)/C=C/C(=O)O[N+]12CCC(CC1)C(COC(C)(O)NC1=C(c3ccc(CCC)c(C)c3)SCC=N1)C2. The minimum Gasteiger partial charge on any atom is -0.508 e. The number of carbonyl (C=O) groups excluding carboxylic acids is 1. The van der Waals surface area contributed by atoms with Gasteiger partial charge in [-0.15, -0.1) is 16.4 Å². The van der Waals surface area contributed by atoms with Gasteiger partial charge in [-0.2, -0.15) is 0 Å². The maximum atomic E-state index is 12.4. The molecule has 5 rings (SSSR count). The summed E-state index contributed by atoms with van der Waals surface area (Å²) in [4.78, 5) is 23.8. The van der Waals surface area contributed by atoms with Gasteiger partial charge in [-0.1, -0.05) is 31.5 Å². The number of rotatable bonds is 11. The van der Waals surface area contributed by atoms with Crippen LogP contribution in [0.5, 0.6) is 0 Å². The summed E-state index contributed by atoms with van der Waals surface area (Å²) in [5.41, 5.74) is 3.69. The Morgan fingerprint density at radius 3 is 2.77 bits per heavy atom. The molecule has 0 amide bonds. The first-order chi connectivity index (χ1) is 18.6. The fourth-order valence-electron chi connectivity index (χ4n) is 5.67. The van der Waals surface area contributed by atoms with E-state index in [2.05, 4.69) is 42.4 Å². The number of carbonyl (C=O) groups is 1. The van der Waals surface area contributed by atoms with Gasteiger partial charge in [0.1, 0.15) is 31.2 Å². The van der Waals surface area contributed by atoms with Crippen LogP contribution in [0.2, 0.25) is 0 Å². The number of aryl methyl sites for hydroxylation is 2. The van der Waals surface area contributed by atoms with Crippen LogP contribution in [0.15, 0.2) is 53.0 Å². The van der Waals surface area contributed by atoms with Crippen molar-refractivity contribution in [2.45, 2.75) is 59.3 Å². The van der Waals surface area contributed by atoms with Gasteiger partial charge in [0.25, 0.3) is 0 Å². The zero-order valence-electron chi connectivity index (χ0n) is 23.5. The normalized spacial score (nSPS) is 26.6. The van der Waals surface area contributed by atoms with Crippen LogP contribution in [0, 0.1) is 18.8 Å². The third kappa shape index (κ3) is 7.54. The van der Waals surface area contributed by atoms with Gasteiger partial charge in [0, 0.05) is 43.7 Å². The van der Waals surface area contributed by atoms with E-state index in [1.165, 1.54) is 29.4 Å². The molecule has 3 fully saturated rings. The molecule has 1 aromatic carbocycles. The molecule has 0 aromatic heterocycles. The zero-order chi connectivity index (χ0) is 28.0. The fraction of sp³-hybridized carbons (Fsp3) is 0.533. The van der Waals surface area contributed by atoms with E-state index in [1.54, 1.807) is 25.6 Å². The Morgan fingerprint density at radius 1 is 1.31 bits per heavy atom. The van der Waals surface area contributed by atoms with E-state index < -0.39 is 11.9 Å². The maximum absolute atomic E-state index is 12.4. The Hall–Kier alpha value is -2.59. The molecule has 39 heavy (non-hydrogen) atoms. The fourth-order valence-corrected chi connectivity index (χ4v) is 6.52. The molecule has 8 nitrogen and oxygen atoms in total. The van der Waals surface area contributed by atoms with E-state index in [4.69, 9.17) is 9.57 Å². The second kappa shape index (κ2) is 12.7. The van der Waals surface area contributed by atoms with Crippen molar-refractivity contribution in [3.8, 4) is 0 Å². The molecule has 0 spiro atoms. The molecule has 2 unspecified atom stereocenters. The largest absolute Gasteiger partial charge is 0.508 e. The van der Waals surface area contributed by atoms with Crippen LogP contribution in [-0.4, -0.2) is 64.9 Å².